The highest BCUT2D eigenvalue weighted by atomic mass is 16.2. The Morgan fingerprint density at radius 2 is 1.55 bits per heavy atom. The number of carbonyl (C=O) groups excluding carboxylic acids is 3. The number of carbonyl (C=O) groups is 3. The van der Waals surface area contributed by atoms with Crippen molar-refractivity contribution >= 4 is 29.1 Å². The molecule has 2 saturated heterocycles. The van der Waals surface area contributed by atoms with Crippen LogP contribution in [0.4, 0.5) is 11.4 Å². The van der Waals surface area contributed by atoms with Gasteiger partial charge in [-0.25, -0.2) is 0 Å². The molecule has 2 heterocycles. The maximum Gasteiger partial charge on any atom is 0.233 e. The number of amides is 3. The number of nitrogens with zero attached hydrogens (tertiary/aromatic N) is 2. The van der Waals surface area contributed by atoms with E-state index in [9.17, 15) is 14.4 Å². The van der Waals surface area contributed by atoms with E-state index in [-0.39, 0.29) is 42.5 Å². The van der Waals surface area contributed by atoms with Gasteiger partial charge < -0.3 is 10.2 Å². The first-order valence-electron chi connectivity index (χ1n) is 11.0. The second-order valence-corrected chi connectivity index (χ2v) is 8.84. The van der Waals surface area contributed by atoms with Crippen LogP contribution in [0.2, 0.25) is 0 Å². The Labute approximate surface area is 172 Å². The van der Waals surface area contributed by atoms with Crippen molar-refractivity contribution in [3.8, 4) is 0 Å². The van der Waals surface area contributed by atoms with Gasteiger partial charge in [0.1, 0.15) is 0 Å². The van der Waals surface area contributed by atoms with E-state index in [1.54, 1.807) is 0 Å². The van der Waals surface area contributed by atoms with E-state index in [2.05, 4.69) is 17.1 Å². The van der Waals surface area contributed by atoms with E-state index >= 15 is 0 Å². The number of likely N-dealkylation sites (tertiary alicyclic amines) is 1. The highest BCUT2D eigenvalue weighted by molar-refractivity contribution is 6.05. The molecule has 1 aliphatic carbocycles. The number of fused-ring (bicyclic) bond motifs is 1. The lowest BCUT2D eigenvalue weighted by atomic mass is 9.81. The molecule has 29 heavy (non-hydrogen) atoms. The quantitative estimate of drug-likeness (QED) is 0.773. The Kier molecular flexibility index (Phi) is 5.88. The van der Waals surface area contributed by atoms with Gasteiger partial charge in [0, 0.05) is 37.4 Å². The second-order valence-electron chi connectivity index (χ2n) is 8.84. The van der Waals surface area contributed by atoms with E-state index in [1.807, 2.05) is 24.3 Å². The molecule has 156 valence electrons. The molecule has 4 rings (SSSR count). The summed E-state index contributed by atoms with van der Waals surface area (Å²) in [4.78, 5) is 41.0. The molecule has 3 aliphatic rings. The fourth-order valence-electron chi connectivity index (χ4n) is 4.91. The molecule has 0 spiro atoms. The van der Waals surface area contributed by atoms with Gasteiger partial charge in [-0.15, -0.1) is 0 Å². The normalized spacial score (nSPS) is 25.3. The minimum atomic E-state index is -0.167. The molecule has 1 N–H and O–H groups in total. The number of anilines is 2. The van der Waals surface area contributed by atoms with Crippen LogP contribution in [-0.2, 0) is 14.4 Å². The zero-order valence-electron chi connectivity index (χ0n) is 17.2. The lowest BCUT2D eigenvalue weighted by Gasteiger charge is -2.32. The van der Waals surface area contributed by atoms with Crippen molar-refractivity contribution in [3.05, 3.63) is 24.3 Å². The van der Waals surface area contributed by atoms with E-state index < -0.39 is 0 Å². The van der Waals surface area contributed by atoms with Crippen molar-refractivity contribution < 1.29 is 14.4 Å². The van der Waals surface area contributed by atoms with Gasteiger partial charge in [-0.2, -0.15) is 0 Å². The summed E-state index contributed by atoms with van der Waals surface area (Å²) < 4.78 is 0. The molecule has 2 aliphatic heterocycles. The summed E-state index contributed by atoms with van der Waals surface area (Å²) in [6, 6.07) is 7.94. The molecule has 0 bridgehead atoms. The number of nitrogens with one attached hydrogen (secondary N) is 1. The predicted molar refractivity (Wildman–Crippen MR) is 112 cm³/mol. The Balaban J connectivity index is 1.27. The van der Waals surface area contributed by atoms with Gasteiger partial charge in [-0.3, -0.25) is 19.3 Å². The van der Waals surface area contributed by atoms with Gasteiger partial charge in [0.15, 0.2) is 0 Å². The second kappa shape index (κ2) is 8.56. The highest BCUT2D eigenvalue weighted by Crippen LogP contribution is 2.38. The zero-order valence-corrected chi connectivity index (χ0v) is 17.2. The Hall–Kier alpha value is -2.37. The van der Waals surface area contributed by atoms with Gasteiger partial charge in [-0.05, 0) is 55.9 Å². The number of imide groups is 1. The SMILES string of the molecule is CC1CCN(c2ccc(NC(=O)CCN3C(=O)[C@H]4CCCC[C@H]4C3=O)cc2)CC1. The molecule has 6 heteroatoms. The summed E-state index contributed by atoms with van der Waals surface area (Å²) in [6.45, 7) is 4.63. The van der Waals surface area contributed by atoms with E-state index in [1.165, 1.54) is 23.4 Å². The molecule has 1 saturated carbocycles. The molecular weight excluding hydrogens is 366 g/mol. The third-order valence-electron chi connectivity index (χ3n) is 6.79. The van der Waals surface area contributed by atoms with Crippen LogP contribution >= 0.6 is 0 Å². The fourth-order valence-corrected chi connectivity index (χ4v) is 4.91. The average Bonchev–Trinajstić information content (AvgIpc) is 2.98. The Morgan fingerprint density at radius 3 is 2.14 bits per heavy atom. The number of piperidine rings is 1. The molecule has 2 atom stereocenters. The summed E-state index contributed by atoms with van der Waals surface area (Å²) >= 11 is 0. The molecule has 6 nitrogen and oxygen atoms in total. The summed E-state index contributed by atoms with van der Waals surface area (Å²) in [5, 5.41) is 2.89. The number of benzene rings is 1. The van der Waals surface area contributed by atoms with Crippen LogP contribution in [0.5, 0.6) is 0 Å². The summed E-state index contributed by atoms with van der Waals surface area (Å²) in [5.74, 6) is 0.179. The molecular formula is C23H31N3O3. The molecule has 1 aromatic carbocycles. The van der Waals surface area contributed by atoms with Crippen LogP contribution in [0, 0.1) is 17.8 Å². The van der Waals surface area contributed by atoms with E-state index in [4.69, 9.17) is 0 Å². The van der Waals surface area contributed by atoms with Crippen LogP contribution in [0.15, 0.2) is 24.3 Å². The largest absolute Gasteiger partial charge is 0.372 e. The van der Waals surface area contributed by atoms with Gasteiger partial charge in [0.25, 0.3) is 0 Å². The van der Waals surface area contributed by atoms with Crippen molar-refractivity contribution in [3.63, 3.8) is 0 Å². The van der Waals surface area contributed by atoms with Crippen molar-refractivity contribution in [2.45, 2.75) is 51.9 Å². The maximum atomic E-state index is 12.5. The summed E-state index contributed by atoms with van der Waals surface area (Å²) in [7, 11) is 0. The first-order chi connectivity index (χ1) is 14.0. The van der Waals surface area contributed by atoms with E-state index in [0.29, 0.717) is 0 Å². The Bertz CT molecular complexity index is 744. The molecule has 0 aromatic heterocycles. The minimum Gasteiger partial charge on any atom is -0.372 e. The molecule has 1 aromatic rings. The molecule has 0 radical (unpaired) electrons. The average molecular weight is 398 g/mol. The number of rotatable bonds is 5. The third kappa shape index (κ3) is 4.31. The lowest BCUT2D eigenvalue weighted by molar-refractivity contribution is -0.140. The van der Waals surface area contributed by atoms with Crippen LogP contribution in [0.3, 0.4) is 0 Å². The first-order valence-corrected chi connectivity index (χ1v) is 11.0. The minimum absolute atomic E-state index is 0.0762. The summed E-state index contributed by atoms with van der Waals surface area (Å²) in [6.07, 6.45) is 6.22. The maximum absolute atomic E-state index is 12.5. The lowest BCUT2D eigenvalue weighted by Crippen LogP contribution is -2.34. The number of hydrogen-bond donors (Lipinski definition) is 1. The topological polar surface area (TPSA) is 69.7 Å². The van der Waals surface area contributed by atoms with Gasteiger partial charge in [0.05, 0.1) is 11.8 Å². The van der Waals surface area contributed by atoms with Crippen LogP contribution in [0.25, 0.3) is 0 Å². The van der Waals surface area contributed by atoms with Crippen LogP contribution in [0.1, 0.15) is 51.9 Å². The van der Waals surface area contributed by atoms with Gasteiger partial charge >= 0.3 is 0 Å². The smallest absolute Gasteiger partial charge is 0.233 e. The van der Waals surface area contributed by atoms with E-state index in [0.717, 1.165) is 50.4 Å². The standard InChI is InChI=1S/C23H31N3O3/c1-16-10-13-25(14-11-16)18-8-6-17(7-9-18)24-21(27)12-15-26-22(28)19-4-2-3-5-20(19)23(26)29/h6-9,16,19-20H,2-5,10-15H2,1H3,(H,24,27)/t19-,20+. The fraction of sp³-hybridized carbons (Fsp3) is 0.609. The van der Waals surface area contributed by atoms with Crippen LogP contribution in [-0.4, -0.2) is 42.3 Å². The molecule has 3 fully saturated rings. The summed E-state index contributed by atoms with van der Waals surface area (Å²) in [5.41, 5.74) is 1.93. The Morgan fingerprint density at radius 1 is 0.966 bits per heavy atom. The molecule has 0 unspecified atom stereocenters. The van der Waals surface area contributed by atoms with Crippen molar-refractivity contribution in [2.24, 2.45) is 17.8 Å². The van der Waals surface area contributed by atoms with Crippen molar-refractivity contribution in [1.82, 2.24) is 4.90 Å². The van der Waals surface area contributed by atoms with Crippen molar-refractivity contribution in [2.75, 3.05) is 29.9 Å². The molecule has 3 amide bonds. The van der Waals surface area contributed by atoms with Gasteiger partial charge in [0.2, 0.25) is 17.7 Å². The first kappa shape index (κ1) is 19.9. The van der Waals surface area contributed by atoms with Gasteiger partial charge in [-0.1, -0.05) is 19.8 Å². The monoisotopic (exact) mass is 397 g/mol. The number of hydrogen-bond acceptors (Lipinski definition) is 4. The zero-order chi connectivity index (χ0) is 20.4. The van der Waals surface area contributed by atoms with Crippen molar-refractivity contribution in [1.29, 1.82) is 0 Å². The third-order valence-corrected chi connectivity index (χ3v) is 6.79. The predicted octanol–water partition coefficient (Wildman–Crippen LogP) is 3.43. The van der Waals surface area contributed by atoms with Crippen LogP contribution < -0.4 is 10.2 Å². The highest BCUT2D eigenvalue weighted by Gasteiger charge is 2.47.